The van der Waals surface area contributed by atoms with Crippen LogP contribution in [0.5, 0.6) is 0 Å². The third-order valence-corrected chi connectivity index (χ3v) is 6.20. The highest BCUT2D eigenvalue weighted by Gasteiger charge is 2.41. The first-order valence-electron chi connectivity index (χ1n) is 9.44. The van der Waals surface area contributed by atoms with E-state index in [0.717, 1.165) is 17.7 Å². The average molecular weight is 413 g/mol. The summed E-state index contributed by atoms with van der Waals surface area (Å²) in [6.45, 7) is 1.10. The quantitative estimate of drug-likeness (QED) is 0.783. The number of halogens is 1. The molecule has 2 aliphatic heterocycles. The van der Waals surface area contributed by atoms with Crippen LogP contribution in [0.3, 0.4) is 0 Å². The molecule has 0 spiro atoms. The maximum absolute atomic E-state index is 13.1. The largest absolute Gasteiger partial charge is 0.341 e. The number of para-hydroxylation sites is 1. The van der Waals surface area contributed by atoms with Crippen molar-refractivity contribution in [3.05, 3.63) is 54.3 Å². The van der Waals surface area contributed by atoms with E-state index in [1.54, 1.807) is 17.0 Å². The predicted octanol–water partition coefficient (Wildman–Crippen LogP) is 2.89. The van der Waals surface area contributed by atoms with E-state index in [1.807, 2.05) is 12.1 Å². The molecule has 1 fully saturated rings. The lowest BCUT2D eigenvalue weighted by atomic mass is 10.2. The fraction of sp³-hybridized carbons (Fsp3) is 0.286. The molecule has 0 radical (unpaired) electrons. The van der Waals surface area contributed by atoms with Crippen LogP contribution in [-0.4, -0.2) is 47.5 Å². The molecule has 3 amide bonds. The summed E-state index contributed by atoms with van der Waals surface area (Å²) in [5.74, 6) is -1.40. The van der Waals surface area contributed by atoms with Crippen LogP contribution in [0, 0.1) is 5.82 Å². The second-order valence-corrected chi connectivity index (χ2v) is 8.12. The van der Waals surface area contributed by atoms with Crippen LogP contribution >= 0.6 is 11.8 Å². The van der Waals surface area contributed by atoms with Gasteiger partial charge in [-0.1, -0.05) is 12.1 Å². The van der Waals surface area contributed by atoms with Crippen LogP contribution in [0.15, 0.2) is 53.4 Å². The minimum Gasteiger partial charge on any atom is -0.341 e. The first-order chi connectivity index (χ1) is 14.0. The van der Waals surface area contributed by atoms with Crippen molar-refractivity contribution in [3.8, 4) is 0 Å². The topological polar surface area (TPSA) is 69.7 Å². The first kappa shape index (κ1) is 19.4. The number of fused-ring (bicyclic) bond motifs is 1. The van der Waals surface area contributed by atoms with Gasteiger partial charge in [-0.2, -0.15) is 0 Å². The Kier molecular flexibility index (Phi) is 5.53. The fourth-order valence-corrected chi connectivity index (χ4v) is 4.71. The van der Waals surface area contributed by atoms with Crippen molar-refractivity contribution in [1.82, 2.24) is 4.90 Å². The number of hydrogen-bond donors (Lipinski definition) is 1. The van der Waals surface area contributed by atoms with Crippen molar-refractivity contribution < 1.29 is 18.8 Å². The fourth-order valence-electron chi connectivity index (χ4n) is 3.52. The zero-order valence-corrected chi connectivity index (χ0v) is 16.5. The summed E-state index contributed by atoms with van der Waals surface area (Å²) in [5, 5.41) is 1.78. The maximum atomic E-state index is 13.1. The number of hydrogen-bond acceptors (Lipinski definition) is 4. The summed E-state index contributed by atoms with van der Waals surface area (Å²) in [7, 11) is 0. The zero-order valence-electron chi connectivity index (χ0n) is 15.6. The van der Waals surface area contributed by atoms with Gasteiger partial charge in [-0.3, -0.25) is 14.4 Å². The highest BCUT2D eigenvalue weighted by atomic mass is 32.2. The van der Waals surface area contributed by atoms with Gasteiger partial charge in [-0.15, -0.1) is 11.8 Å². The Hall–Kier alpha value is -2.87. The lowest BCUT2D eigenvalue weighted by Gasteiger charge is -2.34. The van der Waals surface area contributed by atoms with E-state index in [1.165, 1.54) is 40.9 Å². The molecule has 1 atom stereocenters. The maximum Gasteiger partial charge on any atom is 0.250 e. The van der Waals surface area contributed by atoms with Crippen LogP contribution in [0.4, 0.5) is 15.8 Å². The van der Waals surface area contributed by atoms with Crippen molar-refractivity contribution in [3.63, 3.8) is 0 Å². The molecule has 2 aliphatic rings. The Balaban J connectivity index is 1.55. The number of benzene rings is 2. The molecule has 0 aliphatic carbocycles. The van der Waals surface area contributed by atoms with Crippen molar-refractivity contribution >= 4 is 40.9 Å². The number of anilines is 2. The van der Waals surface area contributed by atoms with Gasteiger partial charge in [0.1, 0.15) is 12.4 Å². The van der Waals surface area contributed by atoms with E-state index < -0.39 is 17.0 Å². The molecular formula is C21H20FN3O3S. The average Bonchev–Trinajstić information content (AvgIpc) is 3.26. The second kappa shape index (κ2) is 8.24. The van der Waals surface area contributed by atoms with E-state index in [-0.39, 0.29) is 18.4 Å². The molecule has 0 bridgehead atoms. The molecule has 2 heterocycles. The molecule has 0 aromatic heterocycles. The predicted molar refractivity (Wildman–Crippen MR) is 109 cm³/mol. The van der Waals surface area contributed by atoms with Crippen LogP contribution in [0.1, 0.15) is 12.8 Å². The summed E-state index contributed by atoms with van der Waals surface area (Å²) < 4.78 is 13.1. The highest BCUT2D eigenvalue weighted by Crippen LogP contribution is 2.40. The SMILES string of the molecule is O=C(CN1C(=O)C(C(=O)N2CCCC2)Sc2ccccc21)Nc1ccc(F)cc1. The van der Waals surface area contributed by atoms with Gasteiger partial charge in [0.15, 0.2) is 5.25 Å². The summed E-state index contributed by atoms with van der Waals surface area (Å²) in [6.07, 6.45) is 1.88. The van der Waals surface area contributed by atoms with E-state index in [4.69, 9.17) is 0 Å². The van der Waals surface area contributed by atoms with Gasteiger partial charge in [0, 0.05) is 23.7 Å². The zero-order chi connectivity index (χ0) is 20.4. The molecule has 1 saturated heterocycles. The lowest BCUT2D eigenvalue weighted by Crippen LogP contribution is -2.51. The summed E-state index contributed by atoms with van der Waals surface area (Å²) in [4.78, 5) is 42.5. The Morgan fingerprint density at radius 3 is 2.48 bits per heavy atom. The molecule has 8 heteroatoms. The molecule has 6 nitrogen and oxygen atoms in total. The van der Waals surface area contributed by atoms with E-state index >= 15 is 0 Å². The molecule has 4 rings (SSSR count). The number of thioether (sulfide) groups is 1. The number of rotatable bonds is 4. The first-order valence-corrected chi connectivity index (χ1v) is 10.3. The van der Waals surface area contributed by atoms with Crippen LogP contribution in [-0.2, 0) is 14.4 Å². The smallest absolute Gasteiger partial charge is 0.250 e. The molecular weight excluding hydrogens is 393 g/mol. The minimum atomic E-state index is -0.887. The van der Waals surface area contributed by atoms with Gasteiger partial charge < -0.3 is 15.1 Å². The molecule has 1 N–H and O–H groups in total. The van der Waals surface area contributed by atoms with Crippen LogP contribution in [0.2, 0.25) is 0 Å². The molecule has 0 saturated carbocycles. The molecule has 1 unspecified atom stereocenters. The monoisotopic (exact) mass is 413 g/mol. The Labute approximate surface area is 172 Å². The van der Waals surface area contributed by atoms with Gasteiger partial charge in [0.05, 0.1) is 5.69 Å². The Morgan fingerprint density at radius 1 is 1.07 bits per heavy atom. The number of nitrogens with zero attached hydrogens (tertiary/aromatic N) is 2. The molecule has 2 aromatic carbocycles. The van der Waals surface area contributed by atoms with E-state index in [9.17, 15) is 18.8 Å². The van der Waals surface area contributed by atoms with Gasteiger partial charge in [-0.25, -0.2) is 4.39 Å². The number of likely N-dealkylation sites (tertiary alicyclic amines) is 1. The second-order valence-electron chi connectivity index (χ2n) is 6.98. The summed E-state index contributed by atoms with van der Waals surface area (Å²) in [6, 6.07) is 12.7. The summed E-state index contributed by atoms with van der Waals surface area (Å²) >= 11 is 1.24. The van der Waals surface area contributed by atoms with Gasteiger partial charge in [0.25, 0.3) is 5.91 Å². The lowest BCUT2D eigenvalue weighted by molar-refractivity contribution is -0.134. The van der Waals surface area contributed by atoms with Gasteiger partial charge >= 0.3 is 0 Å². The number of carbonyl (C=O) groups is 3. The van der Waals surface area contributed by atoms with Crippen molar-refractivity contribution in [2.75, 3.05) is 29.9 Å². The summed E-state index contributed by atoms with van der Waals surface area (Å²) in [5.41, 5.74) is 1.05. The van der Waals surface area contributed by atoms with E-state index in [0.29, 0.717) is 24.5 Å². The van der Waals surface area contributed by atoms with Crippen LogP contribution < -0.4 is 10.2 Å². The van der Waals surface area contributed by atoms with Crippen molar-refractivity contribution in [2.45, 2.75) is 23.0 Å². The van der Waals surface area contributed by atoms with Crippen LogP contribution in [0.25, 0.3) is 0 Å². The number of carbonyl (C=O) groups excluding carboxylic acids is 3. The standard InChI is InChI=1S/C21H20FN3O3S/c22-14-7-9-15(10-8-14)23-18(26)13-25-16-5-1-2-6-17(16)29-19(21(25)28)20(27)24-11-3-4-12-24/h1-2,5-10,19H,3-4,11-13H2,(H,23,26). The van der Waals surface area contributed by atoms with Crippen molar-refractivity contribution in [1.29, 1.82) is 0 Å². The third-order valence-electron chi connectivity index (χ3n) is 4.96. The number of nitrogens with one attached hydrogen (secondary N) is 1. The third kappa shape index (κ3) is 4.12. The van der Waals surface area contributed by atoms with E-state index in [2.05, 4.69) is 5.32 Å². The normalized spacial score (nSPS) is 18.5. The minimum absolute atomic E-state index is 0.198. The molecule has 2 aromatic rings. The molecule has 150 valence electrons. The van der Waals surface area contributed by atoms with Gasteiger partial charge in [0.2, 0.25) is 11.8 Å². The number of amides is 3. The van der Waals surface area contributed by atoms with Crippen molar-refractivity contribution in [2.24, 2.45) is 0 Å². The van der Waals surface area contributed by atoms with Gasteiger partial charge in [-0.05, 0) is 49.2 Å². The molecule has 29 heavy (non-hydrogen) atoms. The highest BCUT2D eigenvalue weighted by molar-refractivity contribution is 8.01. The Morgan fingerprint density at radius 2 is 1.76 bits per heavy atom. The Bertz CT molecular complexity index is 944.